The van der Waals surface area contributed by atoms with Crippen molar-refractivity contribution < 1.29 is 101 Å². The van der Waals surface area contributed by atoms with Gasteiger partial charge in [-0.25, -0.2) is 0 Å². The third-order valence-corrected chi connectivity index (χ3v) is 4.62. The summed E-state index contributed by atoms with van der Waals surface area (Å²) < 4.78 is 301. The van der Waals surface area contributed by atoms with Gasteiger partial charge >= 0.3 is 65.4 Å². The van der Waals surface area contributed by atoms with Crippen LogP contribution in [0.25, 0.3) is 0 Å². The quantitative estimate of drug-likeness (QED) is 0.173. The molecule has 0 radical (unpaired) electrons. The molecule has 0 spiro atoms. The molecule has 0 heterocycles. The van der Waals surface area contributed by atoms with Gasteiger partial charge in [-0.1, -0.05) is 0 Å². The van der Waals surface area contributed by atoms with Crippen LogP contribution in [0.5, 0.6) is 0 Å². The predicted octanol–water partition coefficient (Wildman–Crippen LogP) is 8.22. The van der Waals surface area contributed by atoms with Crippen LogP contribution in [-0.2, 0) is 0 Å². The second-order valence-corrected chi connectivity index (χ2v) is 7.29. The van der Waals surface area contributed by atoms with E-state index in [2.05, 4.69) is 12.6 Å². The lowest BCUT2D eigenvalue weighted by Crippen LogP contribution is -2.77. The molecule has 24 heteroatoms. The maximum absolute atomic E-state index is 13.5. The second-order valence-electron chi connectivity index (χ2n) is 6.85. The van der Waals surface area contributed by atoms with E-state index in [1.165, 1.54) is 0 Å². The average Bonchev–Trinajstić information content (AvgIpc) is 2.65. The Kier molecular flexibility index (Phi) is 8.58. The Morgan fingerprint density at radius 3 is 0.676 bits per heavy atom. The zero-order valence-corrected chi connectivity index (χ0v) is 16.9. The van der Waals surface area contributed by atoms with Crippen molar-refractivity contribution in [1.29, 1.82) is 0 Å². The first kappa shape index (κ1) is 35.7. The lowest BCUT2D eigenvalue weighted by molar-refractivity contribution is -0.478. The van der Waals surface area contributed by atoms with Crippen LogP contribution in [0.1, 0.15) is 6.42 Å². The normalized spacial score (nSPS) is 16.9. The van der Waals surface area contributed by atoms with E-state index >= 15 is 0 Å². The van der Waals surface area contributed by atoms with Gasteiger partial charge in [0.1, 0.15) is 0 Å². The van der Waals surface area contributed by atoms with E-state index in [1.54, 1.807) is 0 Å². The summed E-state index contributed by atoms with van der Waals surface area (Å²) >= 11 is 2.75. The van der Waals surface area contributed by atoms with Gasteiger partial charge in [-0.05, 0) is 5.75 Å². The van der Waals surface area contributed by atoms with Crippen LogP contribution in [0, 0.1) is 0 Å². The van der Waals surface area contributed by atoms with Gasteiger partial charge in [0.15, 0.2) is 0 Å². The Labute approximate surface area is 192 Å². The van der Waals surface area contributed by atoms with Crippen molar-refractivity contribution in [3.63, 3.8) is 0 Å². The molecule has 0 aromatic rings. The highest BCUT2D eigenvalue weighted by molar-refractivity contribution is 7.80. The summed E-state index contributed by atoms with van der Waals surface area (Å²) in [5.41, 5.74) is 0. The summed E-state index contributed by atoms with van der Waals surface area (Å²) in [7, 11) is 0. The first-order valence-corrected chi connectivity index (χ1v) is 8.65. The Balaban J connectivity index is 7.17. The molecule has 0 aromatic carbocycles. The number of alkyl halides is 23. The second kappa shape index (κ2) is 8.88. The molecule has 0 saturated carbocycles. The van der Waals surface area contributed by atoms with Crippen LogP contribution < -0.4 is 0 Å². The van der Waals surface area contributed by atoms with Crippen LogP contribution in [0.4, 0.5) is 101 Å². The Morgan fingerprint density at radius 2 is 0.486 bits per heavy atom. The molecule has 0 amide bonds. The molecular formula is C13H5F23S. The summed E-state index contributed by atoms with van der Waals surface area (Å²) in [5, 5.41) is 0. The van der Waals surface area contributed by atoms with Gasteiger partial charge in [0, 0.05) is 6.42 Å². The van der Waals surface area contributed by atoms with Crippen molar-refractivity contribution in [2.75, 3.05) is 5.75 Å². The van der Waals surface area contributed by atoms with E-state index in [1.807, 2.05) is 0 Å². The molecule has 0 unspecified atom stereocenters. The summed E-state index contributed by atoms with van der Waals surface area (Å²) in [4.78, 5) is 0. The summed E-state index contributed by atoms with van der Waals surface area (Å²) in [5.74, 6) is -88.7. The van der Waals surface area contributed by atoms with Crippen LogP contribution >= 0.6 is 12.6 Å². The molecular weight excluding hydrogens is 625 g/mol. The van der Waals surface area contributed by atoms with Crippen LogP contribution in [0.2, 0.25) is 0 Å². The van der Waals surface area contributed by atoms with Gasteiger partial charge in [0.25, 0.3) is 0 Å². The van der Waals surface area contributed by atoms with Crippen LogP contribution in [-0.4, -0.2) is 71.2 Å². The zero-order valence-electron chi connectivity index (χ0n) is 16.1. The summed E-state index contributed by atoms with van der Waals surface area (Å²) in [6.07, 6.45) is -10.8. The SMILES string of the molecule is FC(F)(F)C(F)(F)C(F)(F)C(F)(F)C(F)(F)C(F)(F)C(F)(F)C(F)(F)C(F)(F)C(F)(F)C(F)(F)CCS. The molecule has 0 saturated heterocycles. The van der Waals surface area contributed by atoms with Crippen molar-refractivity contribution in [2.45, 2.75) is 71.8 Å². The van der Waals surface area contributed by atoms with Gasteiger partial charge in [-0.2, -0.15) is 114 Å². The van der Waals surface area contributed by atoms with Crippen LogP contribution in [0.3, 0.4) is 0 Å². The van der Waals surface area contributed by atoms with E-state index in [4.69, 9.17) is 0 Å². The molecule has 0 fully saturated rings. The van der Waals surface area contributed by atoms with Gasteiger partial charge in [-0.15, -0.1) is 0 Å². The predicted molar refractivity (Wildman–Crippen MR) is 74.0 cm³/mol. The highest BCUT2D eigenvalue weighted by Crippen LogP contribution is 2.67. The van der Waals surface area contributed by atoms with Crippen molar-refractivity contribution >= 4 is 12.6 Å². The Morgan fingerprint density at radius 1 is 0.297 bits per heavy atom. The first-order valence-electron chi connectivity index (χ1n) is 8.02. The van der Waals surface area contributed by atoms with E-state index in [0.717, 1.165) is 0 Å². The number of hydrogen-bond acceptors (Lipinski definition) is 1. The van der Waals surface area contributed by atoms with Gasteiger partial charge < -0.3 is 0 Å². The molecule has 0 aliphatic rings. The highest BCUT2D eigenvalue weighted by atomic mass is 32.1. The molecule has 0 N–H and O–H groups in total. The first-order chi connectivity index (χ1) is 15.6. The largest absolute Gasteiger partial charge is 0.460 e. The van der Waals surface area contributed by atoms with E-state index in [-0.39, 0.29) is 0 Å². The van der Waals surface area contributed by atoms with E-state index in [0.29, 0.717) is 0 Å². The number of hydrogen-bond donors (Lipinski definition) is 1. The van der Waals surface area contributed by atoms with Gasteiger partial charge in [0.2, 0.25) is 0 Å². The average molecular weight is 630 g/mol. The smallest absolute Gasteiger partial charge is 0.200 e. The molecule has 0 aliphatic carbocycles. The standard InChI is InChI=1S/C13H5F23S/c14-3(15,1-2-37)4(16,17)5(18,19)6(20,21)7(22,23)8(24,25)9(26,27)10(28,29)11(30,31)12(32,33)13(34,35)36/h37H,1-2H2. The minimum absolute atomic E-state index is 1.68. The topological polar surface area (TPSA) is 0 Å². The summed E-state index contributed by atoms with van der Waals surface area (Å²) in [6, 6.07) is 0. The molecule has 0 rings (SSSR count). The van der Waals surface area contributed by atoms with Gasteiger partial charge in [0.05, 0.1) is 0 Å². The monoisotopic (exact) mass is 630 g/mol. The molecule has 0 aliphatic heterocycles. The fourth-order valence-corrected chi connectivity index (χ4v) is 2.37. The fraction of sp³-hybridized carbons (Fsp3) is 1.00. The zero-order chi connectivity index (χ0) is 30.9. The van der Waals surface area contributed by atoms with Gasteiger partial charge in [-0.3, -0.25) is 0 Å². The molecule has 224 valence electrons. The van der Waals surface area contributed by atoms with Crippen LogP contribution in [0.15, 0.2) is 0 Å². The number of thiol groups is 1. The molecule has 0 atom stereocenters. The maximum atomic E-state index is 13.5. The molecule has 0 nitrogen and oxygen atoms in total. The van der Waals surface area contributed by atoms with Crippen molar-refractivity contribution in [1.82, 2.24) is 0 Å². The Hall–Kier alpha value is -1.26. The lowest BCUT2D eigenvalue weighted by atomic mass is 9.85. The Bertz CT molecular complexity index is 819. The number of rotatable bonds is 11. The molecule has 0 bridgehead atoms. The van der Waals surface area contributed by atoms with Crippen molar-refractivity contribution in [2.24, 2.45) is 0 Å². The van der Waals surface area contributed by atoms with E-state index in [9.17, 15) is 101 Å². The highest BCUT2D eigenvalue weighted by Gasteiger charge is 2.98. The van der Waals surface area contributed by atoms with Crippen molar-refractivity contribution in [3.05, 3.63) is 0 Å². The maximum Gasteiger partial charge on any atom is 0.460 e. The summed E-state index contributed by atoms with van der Waals surface area (Å²) in [6.45, 7) is 0. The third kappa shape index (κ3) is 4.33. The minimum Gasteiger partial charge on any atom is -0.200 e. The minimum atomic E-state index is -9.36. The third-order valence-electron chi connectivity index (χ3n) is 4.40. The lowest BCUT2D eigenvalue weighted by Gasteiger charge is -2.45. The fourth-order valence-electron chi connectivity index (χ4n) is 2.09. The van der Waals surface area contributed by atoms with E-state index < -0.39 is 77.6 Å². The van der Waals surface area contributed by atoms with Crippen molar-refractivity contribution in [3.8, 4) is 0 Å². The number of halogens is 23. The molecule has 0 aromatic heterocycles. The molecule has 37 heavy (non-hydrogen) atoms.